The van der Waals surface area contributed by atoms with Crippen LogP contribution >= 0.6 is 0 Å². The number of ether oxygens (including phenoxy) is 2. The number of nitrogens with one attached hydrogen (secondary N) is 2. The van der Waals surface area contributed by atoms with Gasteiger partial charge in [-0.1, -0.05) is 56.3 Å². The molecule has 9 nitrogen and oxygen atoms in total. The lowest BCUT2D eigenvalue weighted by Crippen LogP contribution is -2.51. The maximum Gasteiger partial charge on any atom is 0.415 e. The first-order chi connectivity index (χ1) is 20.7. The minimum Gasteiger partial charge on any atom is -0.487 e. The molecule has 3 aromatic rings. The number of rotatable bonds is 14. The van der Waals surface area contributed by atoms with E-state index in [-0.39, 0.29) is 25.3 Å². The Balaban J connectivity index is 1.43. The number of halogens is 1. The smallest absolute Gasteiger partial charge is 0.415 e. The van der Waals surface area contributed by atoms with Gasteiger partial charge in [-0.05, 0) is 68.5 Å². The lowest BCUT2D eigenvalue weighted by atomic mass is 9.85. The molecule has 0 aliphatic carbocycles. The fourth-order valence-electron chi connectivity index (χ4n) is 5.51. The molecule has 11 heteroatoms. The van der Waals surface area contributed by atoms with Gasteiger partial charge in [0, 0.05) is 24.1 Å². The van der Waals surface area contributed by atoms with Crippen molar-refractivity contribution >= 4 is 27.5 Å². The highest BCUT2D eigenvalue weighted by Crippen LogP contribution is 2.44. The Bertz CT molecular complexity index is 1560. The lowest BCUT2D eigenvalue weighted by Gasteiger charge is -2.42. The maximum atomic E-state index is 14.3. The van der Waals surface area contributed by atoms with Crippen molar-refractivity contribution in [3.8, 4) is 5.75 Å². The van der Waals surface area contributed by atoms with E-state index in [0.717, 1.165) is 17.4 Å². The summed E-state index contributed by atoms with van der Waals surface area (Å²) in [5.74, 6) is -0.0651. The molecule has 0 radical (unpaired) electrons. The number of amides is 1. The van der Waals surface area contributed by atoms with Crippen LogP contribution in [-0.2, 0) is 33.4 Å². The summed E-state index contributed by atoms with van der Waals surface area (Å²) in [5, 5.41) is 14.2. The van der Waals surface area contributed by atoms with E-state index in [1.54, 1.807) is 24.3 Å². The summed E-state index contributed by atoms with van der Waals surface area (Å²) in [4.78, 5) is 14.6. The van der Waals surface area contributed by atoms with Crippen LogP contribution in [-0.4, -0.2) is 44.2 Å². The number of hydrogen-bond donors (Lipinski definition) is 3. The number of sulfonamides is 1. The van der Waals surface area contributed by atoms with Crippen molar-refractivity contribution < 1.29 is 32.2 Å². The van der Waals surface area contributed by atoms with E-state index >= 15 is 0 Å². The second-order valence-corrected chi connectivity index (χ2v) is 13.6. The number of benzene rings is 3. The van der Waals surface area contributed by atoms with Crippen molar-refractivity contribution in [3.63, 3.8) is 0 Å². The number of hydrogen-bond acceptors (Lipinski definition) is 7. The predicted octanol–water partition coefficient (Wildman–Crippen LogP) is 6.07. The van der Waals surface area contributed by atoms with Gasteiger partial charge in [-0.2, -0.15) is 0 Å². The number of aliphatic hydroxyl groups excluding tert-OH is 1. The van der Waals surface area contributed by atoms with Crippen LogP contribution in [0.2, 0.25) is 0 Å². The summed E-state index contributed by atoms with van der Waals surface area (Å²) in [6.07, 6.45) is 1.30. The molecule has 0 bridgehead atoms. The molecule has 0 saturated heterocycles. The van der Waals surface area contributed by atoms with Crippen molar-refractivity contribution in [2.75, 3.05) is 22.4 Å². The third kappa shape index (κ3) is 8.28. The van der Waals surface area contributed by atoms with E-state index in [0.29, 0.717) is 36.3 Å². The molecule has 0 saturated carbocycles. The van der Waals surface area contributed by atoms with Gasteiger partial charge in [0.1, 0.15) is 30.0 Å². The molecule has 1 aliphatic rings. The van der Waals surface area contributed by atoms with Crippen molar-refractivity contribution in [3.05, 3.63) is 89.2 Å². The van der Waals surface area contributed by atoms with Gasteiger partial charge in [-0.3, -0.25) is 14.9 Å². The fourth-order valence-corrected chi connectivity index (χ4v) is 6.07. The molecule has 3 N–H and O–H groups in total. The topological polar surface area (TPSA) is 117 Å². The van der Waals surface area contributed by atoms with Gasteiger partial charge in [0.2, 0.25) is 10.0 Å². The molecule has 1 heterocycles. The molecule has 3 aromatic carbocycles. The van der Waals surface area contributed by atoms with Gasteiger partial charge in [-0.25, -0.2) is 17.6 Å². The van der Waals surface area contributed by atoms with Crippen LogP contribution in [0.4, 0.5) is 20.6 Å². The fraction of sp³-hybridized carbons (Fsp3) is 0.424. The summed E-state index contributed by atoms with van der Waals surface area (Å²) >= 11 is 0. The lowest BCUT2D eigenvalue weighted by molar-refractivity contribution is -0.00148. The summed E-state index contributed by atoms with van der Waals surface area (Å²) in [6, 6.07) is 19.1. The molecule has 0 aromatic heterocycles. The summed E-state index contributed by atoms with van der Waals surface area (Å²) in [7, 11) is -3.59. The van der Waals surface area contributed by atoms with Gasteiger partial charge in [0.05, 0.1) is 17.6 Å². The Kier molecular flexibility index (Phi) is 10.2. The van der Waals surface area contributed by atoms with Crippen LogP contribution in [0.1, 0.15) is 63.6 Å². The normalized spacial score (nSPS) is 15.3. The van der Waals surface area contributed by atoms with Crippen molar-refractivity contribution in [1.82, 2.24) is 5.32 Å². The molecule has 0 fully saturated rings. The maximum absolute atomic E-state index is 14.3. The zero-order chi connectivity index (χ0) is 32.1. The second-order valence-electron chi connectivity index (χ2n) is 11.9. The van der Waals surface area contributed by atoms with Gasteiger partial charge < -0.3 is 14.6 Å². The molecule has 1 unspecified atom stereocenters. The highest BCUT2D eigenvalue weighted by molar-refractivity contribution is 7.92. The average molecular weight is 628 g/mol. The van der Waals surface area contributed by atoms with Gasteiger partial charge >= 0.3 is 6.09 Å². The van der Waals surface area contributed by atoms with E-state index in [2.05, 4.69) is 10.0 Å². The molecule has 1 amide bonds. The number of carbonyl (C=O) groups is 1. The minimum absolute atomic E-state index is 0.177. The van der Waals surface area contributed by atoms with Crippen molar-refractivity contribution in [2.24, 2.45) is 0 Å². The number of carbonyl (C=O) groups excluding carboxylic acids is 1. The van der Waals surface area contributed by atoms with E-state index in [1.807, 2.05) is 58.0 Å². The second kappa shape index (κ2) is 13.5. The molecule has 1 aliphatic heterocycles. The van der Waals surface area contributed by atoms with Gasteiger partial charge in [0.25, 0.3) is 0 Å². The number of aliphatic hydroxyl groups is 1. The predicted molar refractivity (Wildman–Crippen MR) is 170 cm³/mol. The van der Waals surface area contributed by atoms with Crippen LogP contribution < -0.4 is 19.7 Å². The van der Waals surface area contributed by atoms with Crippen LogP contribution in [0, 0.1) is 5.82 Å². The summed E-state index contributed by atoms with van der Waals surface area (Å²) < 4.78 is 52.7. The molecule has 4 rings (SSSR count). The molecule has 44 heavy (non-hydrogen) atoms. The largest absolute Gasteiger partial charge is 0.487 e. The Labute approximate surface area is 259 Å². The third-order valence-corrected chi connectivity index (χ3v) is 8.50. The average Bonchev–Trinajstić information content (AvgIpc) is 2.95. The first-order valence-corrected chi connectivity index (χ1v) is 16.7. The third-order valence-electron chi connectivity index (χ3n) is 7.91. The van der Waals surface area contributed by atoms with Crippen LogP contribution in [0.5, 0.6) is 5.75 Å². The van der Waals surface area contributed by atoms with E-state index < -0.39 is 39.3 Å². The zero-order valence-electron chi connectivity index (χ0n) is 25.9. The summed E-state index contributed by atoms with van der Waals surface area (Å²) in [5.41, 5.74) is 1.74. The zero-order valence-corrected chi connectivity index (χ0v) is 26.7. The van der Waals surface area contributed by atoms with Gasteiger partial charge in [-0.15, -0.1) is 0 Å². The van der Waals surface area contributed by atoms with E-state index in [9.17, 15) is 22.7 Å². The number of fused-ring (bicyclic) bond motifs is 1. The Hall–Kier alpha value is -3.67. The molecule has 0 spiro atoms. The van der Waals surface area contributed by atoms with E-state index in [4.69, 9.17) is 9.47 Å². The SMILES string of the molecule is CCC1(CC)OC(=O)N(CCC(C)(C)NC(O)Cc2ccc(OCc3ccccc3)c(NS(C)(=O)=O)c2)c2cc(F)ccc21. The van der Waals surface area contributed by atoms with Crippen LogP contribution in [0.25, 0.3) is 0 Å². The standard InChI is InChI=1S/C33H42FN3O6S/c1-6-33(7-2)26-15-14-25(34)21-28(26)37(31(39)43-33)18-17-32(3,4)35-30(38)20-24-13-16-29(27(19-24)36-44(5,40)41)42-22-23-11-9-8-10-12-23/h8-16,19,21,30,35-36,38H,6-7,17-18,20,22H2,1-5H3. The molecular weight excluding hydrogens is 585 g/mol. The number of cyclic esters (lactones) is 1. The monoisotopic (exact) mass is 627 g/mol. The first kappa shape index (κ1) is 33.2. The highest BCUT2D eigenvalue weighted by Gasteiger charge is 2.43. The minimum atomic E-state index is -3.59. The summed E-state index contributed by atoms with van der Waals surface area (Å²) in [6.45, 7) is 8.19. The number of anilines is 2. The molecule has 238 valence electrons. The first-order valence-electron chi connectivity index (χ1n) is 14.8. The molecule has 1 atom stereocenters. The van der Waals surface area contributed by atoms with E-state index in [1.165, 1.54) is 17.0 Å². The van der Waals surface area contributed by atoms with Crippen molar-refractivity contribution in [2.45, 2.75) is 77.4 Å². The Morgan fingerprint density at radius 2 is 1.75 bits per heavy atom. The van der Waals surface area contributed by atoms with Crippen LogP contribution in [0.3, 0.4) is 0 Å². The van der Waals surface area contributed by atoms with Gasteiger partial charge in [0.15, 0.2) is 0 Å². The Morgan fingerprint density at radius 3 is 2.41 bits per heavy atom. The number of nitrogens with zero attached hydrogens (tertiary/aromatic N) is 1. The quantitative estimate of drug-likeness (QED) is 0.186. The highest BCUT2D eigenvalue weighted by atomic mass is 32.2. The van der Waals surface area contributed by atoms with Crippen LogP contribution in [0.15, 0.2) is 66.7 Å². The Morgan fingerprint density at radius 1 is 1.05 bits per heavy atom. The molecular formula is C33H42FN3O6S. The van der Waals surface area contributed by atoms with Crippen molar-refractivity contribution in [1.29, 1.82) is 0 Å².